The number of ether oxygens (including phenoxy) is 1. The number of amides is 1. The first-order chi connectivity index (χ1) is 14.6. The van der Waals surface area contributed by atoms with Crippen LogP contribution in [0.2, 0.25) is 0 Å². The zero-order valence-corrected chi connectivity index (χ0v) is 17.9. The molecule has 154 valence electrons. The molecule has 6 nitrogen and oxygen atoms in total. The van der Waals surface area contributed by atoms with E-state index in [9.17, 15) is 9.59 Å². The minimum absolute atomic E-state index is 0.0421. The Labute approximate surface area is 182 Å². The van der Waals surface area contributed by atoms with Gasteiger partial charge in [-0.1, -0.05) is 22.0 Å². The molecule has 0 saturated carbocycles. The number of likely N-dealkylation sites (tertiary alicyclic amines) is 1. The molecule has 2 unspecified atom stereocenters. The summed E-state index contributed by atoms with van der Waals surface area (Å²) in [6.07, 6.45) is 2.55. The molecule has 2 aliphatic heterocycles. The summed E-state index contributed by atoms with van der Waals surface area (Å²) in [6, 6.07) is 14.7. The standard InChI is InChI=1S/C23H21BrN2O4/c24-17-4-6-18(7-5-17)30-14-21-19(8-9-29-21)23(28)25-11-15-10-16(13-25)20-2-1-3-22(27)26(20)12-15/h1-9,15-16H,10-14H2. The lowest BCUT2D eigenvalue weighted by atomic mass is 9.83. The Hall–Kier alpha value is -2.80. The van der Waals surface area contributed by atoms with E-state index in [2.05, 4.69) is 15.9 Å². The highest BCUT2D eigenvalue weighted by Gasteiger charge is 2.37. The smallest absolute Gasteiger partial charge is 0.257 e. The maximum absolute atomic E-state index is 13.3. The van der Waals surface area contributed by atoms with E-state index in [-0.39, 0.29) is 29.9 Å². The van der Waals surface area contributed by atoms with E-state index >= 15 is 0 Å². The molecule has 1 aromatic carbocycles. The number of piperidine rings is 1. The van der Waals surface area contributed by atoms with Crippen molar-refractivity contribution in [2.75, 3.05) is 13.1 Å². The number of halogens is 1. The molecule has 0 spiro atoms. The van der Waals surface area contributed by atoms with Crippen molar-refractivity contribution in [3.63, 3.8) is 0 Å². The summed E-state index contributed by atoms with van der Waals surface area (Å²) in [5, 5.41) is 0. The highest BCUT2D eigenvalue weighted by Crippen LogP contribution is 2.35. The van der Waals surface area contributed by atoms with Gasteiger partial charge in [0, 0.05) is 41.8 Å². The fourth-order valence-electron chi connectivity index (χ4n) is 4.56. The summed E-state index contributed by atoms with van der Waals surface area (Å²) in [4.78, 5) is 27.4. The van der Waals surface area contributed by atoms with Crippen LogP contribution in [0.4, 0.5) is 0 Å². The molecule has 5 rings (SSSR count). The van der Waals surface area contributed by atoms with Gasteiger partial charge in [0.2, 0.25) is 0 Å². The van der Waals surface area contributed by atoms with Gasteiger partial charge in [-0.15, -0.1) is 0 Å². The van der Waals surface area contributed by atoms with E-state index in [0.29, 0.717) is 36.7 Å². The van der Waals surface area contributed by atoms with Crippen LogP contribution >= 0.6 is 15.9 Å². The molecule has 1 amide bonds. The number of hydrogen-bond donors (Lipinski definition) is 0. The summed E-state index contributed by atoms with van der Waals surface area (Å²) in [7, 11) is 0. The van der Waals surface area contributed by atoms with Crippen molar-refractivity contribution in [2.45, 2.75) is 25.5 Å². The second-order valence-electron chi connectivity index (χ2n) is 7.91. The zero-order valence-electron chi connectivity index (χ0n) is 16.3. The van der Waals surface area contributed by atoms with Crippen molar-refractivity contribution in [3.05, 3.63) is 86.6 Å². The predicted molar refractivity (Wildman–Crippen MR) is 115 cm³/mol. The number of carbonyl (C=O) groups is 1. The lowest BCUT2D eigenvalue weighted by Crippen LogP contribution is -2.49. The van der Waals surface area contributed by atoms with Gasteiger partial charge in [-0.2, -0.15) is 0 Å². The maximum atomic E-state index is 13.3. The number of furan rings is 1. The van der Waals surface area contributed by atoms with Crippen molar-refractivity contribution in [2.24, 2.45) is 5.92 Å². The summed E-state index contributed by atoms with van der Waals surface area (Å²) >= 11 is 3.40. The van der Waals surface area contributed by atoms with E-state index in [1.54, 1.807) is 12.1 Å². The molecule has 1 fully saturated rings. The van der Waals surface area contributed by atoms with Crippen molar-refractivity contribution in [1.82, 2.24) is 9.47 Å². The number of rotatable bonds is 4. The third kappa shape index (κ3) is 3.58. The Kier molecular flexibility index (Phi) is 4.98. The molecule has 4 heterocycles. The van der Waals surface area contributed by atoms with Crippen molar-refractivity contribution < 1.29 is 13.9 Å². The fourth-order valence-corrected chi connectivity index (χ4v) is 4.82. The van der Waals surface area contributed by atoms with Crippen molar-refractivity contribution in [1.29, 1.82) is 0 Å². The van der Waals surface area contributed by atoms with Gasteiger partial charge < -0.3 is 18.6 Å². The summed E-state index contributed by atoms with van der Waals surface area (Å²) in [5.41, 5.74) is 1.61. The Morgan fingerprint density at radius 1 is 1.10 bits per heavy atom. The van der Waals surface area contributed by atoms with Gasteiger partial charge in [-0.25, -0.2) is 0 Å². The van der Waals surface area contributed by atoms with Crippen LogP contribution in [0.1, 0.15) is 34.2 Å². The molecule has 2 aliphatic rings. The Balaban J connectivity index is 1.32. The zero-order chi connectivity index (χ0) is 20.7. The second-order valence-corrected chi connectivity index (χ2v) is 8.82. The Morgan fingerprint density at radius 3 is 2.77 bits per heavy atom. The van der Waals surface area contributed by atoms with Crippen LogP contribution in [0, 0.1) is 5.92 Å². The number of pyridine rings is 1. The van der Waals surface area contributed by atoms with Crippen LogP contribution in [0.25, 0.3) is 0 Å². The van der Waals surface area contributed by atoms with E-state index < -0.39 is 0 Å². The summed E-state index contributed by atoms with van der Waals surface area (Å²) in [6.45, 7) is 2.11. The Bertz CT molecular complexity index is 1130. The molecule has 3 aromatic rings. The molecule has 2 aromatic heterocycles. The molecule has 2 atom stereocenters. The molecular formula is C23H21BrN2O4. The van der Waals surface area contributed by atoms with Crippen LogP contribution in [0.15, 0.2) is 68.5 Å². The molecule has 0 N–H and O–H groups in total. The maximum Gasteiger partial charge on any atom is 0.257 e. The number of fused-ring (bicyclic) bond motifs is 4. The highest BCUT2D eigenvalue weighted by atomic mass is 79.9. The van der Waals surface area contributed by atoms with E-state index in [4.69, 9.17) is 9.15 Å². The van der Waals surface area contributed by atoms with Gasteiger partial charge in [0.25, 0.3) is 11.5 Å². The number of benzene rings is 1. The molecule has 1 saturated heterocycles. The predicted octanol–water partition coefficient (Wildman–Crippen LogP) is 4.04. The quantitative estimate of drug-likeness (QED) is 0.579. The second kappa shape index (κ2) is 7.80. The average molecular weight is 469 g/mol. The number of aromatic nitrogens is 1. The monoisotopic (exact) mass is 468 g/mol. The van der Waals surface area contributed by atoms with Gasteiger partial charge >= 0.3 is 0 Å². The van der Waals surface area contributed by atoms with E-state index in [0.717, 1.165) is 16.6 Å². The van der Waals surface area contributed by atoms with Crippen LogP contribution in [0.3, 0.4) is 0 Å². The molecular weight excluding hydrogens is 448 g/mol. The minimum Gasteiger partial charge on any atom is -0.486 e. The normalized spacial score (nSPS) is 20.0. The topological polar surface area (TPSA) is 64.7 Å². The SMILES string of the molecule is O=C(c1ccoc1COc1ccc(Br)cc1)N1CC2CC(C1)c1cccc(=O)n1C2. The highest BCUT2D eigenvalue weighted by molar-refractivity contribution is 9.10. The largest absolute Gasteiger partial charge is 0.486 e. The number of nitrogens with zero attached hydrogens (tertiary/aromatic N) is 2. The average Bonchev–Trinajstić information content (AvgIpc) is 3.22. The van der Waals surface area contributed by atoms with Gasteiger partial charge in [-0.05, 0) is 48.7 Å². The van der Waals surface area contributed by atoms with Gasteiger partial charge in [0.1, 0.15) is 12.4 Å². The van der Waals surface area contributed by atoms with Crippen molar-refractivity contribution in [3.8, 4) is 5.75 Å². The summed E-state index contributed by atoms with van der Waals surface area (Å²) in [5.74, 6) is 1.66. The van der Waals surface area contributed by atoms with Crippen LogP contribution in [0.5, 0.6) is 5.75 Å². The third-order valence-electron chi connectivity index (χ3n) is 5.93. The van der Waals surface area contributed by atoms with Crippen molar-refractivity contribution >= 4 is 21.8 Å². The number of carbonyl (C=O) groups excluding carboxylic acids is 1. The van der Waals surface area contributed by atoms with Crippen LogP contribution in [-0.2, 0) is 13.2 Å². The first-order valence-electron chi connectivity index (χ1n) is 10.0. The first-order valence-corrected chi connectivity index (χ1v) is 10.8. The molecule has 0 radical (unpaired) electrons. The lowest BCUT2D eigenvalue weighted by Gasteiger charge is -2.42. The molecule has 2 bridgehead atoms. The van der Waals surface area contributed by atoms with Crippen LogP contribution < -0.4 is 10.3 Å². The molecule has 7 heteroatoms. The van der Waals surface area contributed by atoms with E-state index in [1.807, 2.05) is 45.9 Å². The summed E-state index contributed by atoms with van der Waals surface area (Å²) < 4.78 is 14.2. The van der Waals surface area contributed by atoms with E-state index in [1.165, 1.54) is 6.26 Å². The fraction of sp³-hybridized carbons (Fsp3) is 0.304. The molecule has 0 aliphatic carbocycles. The minimum atomic E-state index is -0.0421. The molecule has 30 heavy (non-hydrogen) atoms. The van der Waals surface area contributed by atoms with Gasteiger partial charge in [0.15, 0.2) is 5.76 Å². The first kappa shape index (κ1) is 19.2. The number of hydrogen-bond acceptors (Lipinski definition) is 4. The van der Waals surface area contributed by atoms with Crippen LogP contribution in [-0.4, -0.2) is 28.5 Å². The van der Waals surface area contributed by atoms with Gasteiger partial charge in [0.05, 0.1) is 11.8 Å². The lowest BCUT2D eigenvalue weighted by molar-refractivity contribution is 0.0590. The third-order valence-corrected chi connectivity index (χ3v) is 6.46. The Morgan fingerprint density at radius 2 is 1.93 bits per heavy atom. The van der Waals surface area contributed by atoms with Gasteiger partial charge in [-0.3, -0.25) is 9.59 Å².